The molecule has 1 aromatic carbocycles. The van der Waals surface area contributed by atoms with Crippen LogP contribution < -0.4 is 5.32 Å². The van der Waals surface area contributed by atoms with E-state index >= 15 is 0 Å². The second-order valence-electron chi connectivity index (χ2n) is 8.10. The minimum atomic E-state index is -0.602. The number of carbonyl (C=O) groups excluding carboxylic acids is 2. The van der Waals surface area contributed by atoms with Gasteiger partial charge in [-0.05, 0) is 54.9 Å². The number of azide groups is 1. The van der Waals surface area contributed by atoms with Gasteiger partial charge in [0.1, 0.15) is 0 Å². The number of anilines is 1. The van der Waals surface area contributed by atoms with E-state index in [1.165, 1.54) is 0 Å². The maximum absolute atomic E-state index is 12.7. The number of allylic oxidation sites excluding steroid dienone is 5. The third-order valence-corrected chi connectivity index (χ3v) is 5.74. The average molecular weight is 471 g/mol. The molecule has 0 atom stereocenters. The van der Waals surface area contributed by atoms with Crippen molar-refractivity contribution in [2.75, 3.05) is 5.32 Å². The number of rotatable bonds is 5. The summed E-state index contributed by atoms with van der Waals surface area (Å²) in [4.78, 5) is 36.8. The molecular formula is C27H30N6O2. The smallest absolute Gasteiger partial charge is 0.249 e. The van der Waals surface area contributed by atoms with Gasteiger partial charge in [0, 0.05) is 22.5 Å². The van der Waals surface area contributed by atoms with Crippen molar-refractivity contribution >= 4 is 17.6 Å². The molecule has 8 nitrogen and oxygen atoms in total. The zero-order chi connectivity index (χ0) is 25.4. The lowest BCUT2D eigenvalue weighted by Gasteiger charge is -2.21. The van der Waals surface area contributed by atoms with E-state index in [0.29, 0.717) is 37.1 Å². The van der Waals surface area contributed by atoms with Gasteiger partial charge in [-0.2, -0.15) is 0 Å². The van der Waals surface area contributed by atoms with Crippen LogP contribution in [0.5, 0.6) is 0 Å². The first-order valence-corrected chi connectivity index (χ1v) is 11.9. The molecule has 0 bridgehead atoms. The van der Waals surface area contributed by atoms with Crippen LogP contribution in [0, 0.1) is 0 Å². The maximum Gasteiger partial charge on any atom is 0.249 e. The van der Waals surface area contributed by atoms with Crippen molar-refractivity contribution in [3.63, 3.8) is 0 Å². The van der Waals surface area contributed by atoms with Crippen LogP contribution >= 0.6 is 0 Å². The highest BCUT2D eigenvalue weighted by Gasteiger charge is 2.23. The quantitative estimate of drug-likeness (QED) is 0.307. The van der Waals surface area contributed by atoms with Gasteiger partial charge in [0.05, 0.1) is 17.1 Å². The van der Waals surface area contributed by atoms with E-state index in [9.17, 15) is 9.59 Å². The lowest BCUT2D eigenvalue weighted by atomic mass is 9.90. The molecule has 1 aromatic heterocycles. The summed E-state index contributed by atoms with van der Waals surface area (Å²) in [5.41, 5.74) is 15.3. The fourth-order valence-electron chi connectivity index (χ4n) is 4.04. The van der Waals surface area contributed by atoms with E-state index < -0.39 is 5.91 Å². The van der Waals surface area contributed by atoms with Crippen molar-refractivity contribution in [2.45, 2.75) is 59.8 Å². The van der Waals surface area contributed by atoms with Gasteiger partial charge in [-0.25, -0.2) is 9.97 Å². The first kappa shape index (κ1) is 25.6. The van der Waals surface area contributed by atoms with Gasteiger partial charge in [0.25, 0.3) is 0 Å². The molecule has 8 heteroatoms. The molecule has 0 radical (unpaired) electrons. The fourth-order valence-corrected chi connectivity index (χ4v) is 4.04. The Labute approximate surface area is 205 Å². The Morgan fingerprint density at radius 3 is 2.71 bits per heavy atom. The highest BCUT2D eigenvalue weighted by molar-refractivity contribution is 5.96. The number of amides is 2. The molecule has 2 aliphatic carbocycles. The monoisotopic (exact) mass is 470 g/mol. The van der Waals surface area contributed by atoms with Crippen LogP contribution in [-0.2, 0) is 24.1 Å². The molecule has 0 saturated carbocycles. The Hall–Kier alpha value is -4.03. The minimum Gasteiger partial charge on any atom is -0.309 e. The number of aryl methyl sites for hydroxylation is 3. The molecule has 4 rings (SSSR count). The van der Waals surface area contributed by atoms with Gasteiger partial charge in [0.15, 0.2) is 5.82 Å². The van der Waals surface area contributed by atoms with Crippen LogP contribution in [0.25, 0.3) is 21.7 Å². The van der Waals surface area contributed by atoms with E-state index in [2.05, 4.69) is 27.5 Å². The molecule has 0 spiro atoms. The summed E-state index contributed by atoms with van der Waals surface area (Å²) in [6.07, 6.45) is 11.1. The lowest BCUT2D eigenvalue weighted by Crippen LogP contribution is -2.18. The Morgan fingerprint density at radius 2 is 1.97 bits per heavy atom. The number of benzene rings is 1. The minimum absolute atomic E-state index is 0.107. The summed E-state index contributed by atoms with van der Waals surface area (Å²) in [5.74, 6) is -0.199. The Morgan fingerprint density at radius 1 is 1.17 bits per heavy atom. The number of carbonyl (C=O) groups is 2. The second-order valence-corrected chi connectivity index (χ2v) is 8.10. The molecule has 2 amide bonds. The molecule has 180 valence electrons. The molecule has 35 heavy (non-hydrogen) atoms. The highest BCUT2D eigenvalue weighted by atomic mass is 16.2. The predicted octanol–water partition coefficient (Wildman–Crippen LogP) is 6.44. The van der Waals surface area contributed by atoms with E-state index in [1.807, 2.05) is 45.9 Å². The zero-order valence-electron chi connectivity index (χ0n) is 20.6. The van der Waals surface area contributed by atoms with Crippen molar-refractivity contribution in [3.8, 4) is 11.3 Å². The standard InChI is InChI=1S/C25H24N6O2.C2H6/c1-3-20-24(29-22(32)13-16-6-4-5-15(2)7-8-16)28-21-12-10-17-14-18(25(33)30-31-26)9-11-19(17)23(21)27-20;1-2/h4-5,7-9,11,14H,3,6,10,12-13H2,1-2H3,(H,28,29,32);1-2H3. The van der Waals surface area contributed by atoms with Crippen LogP contribution in [0.1, 0.15) is 67.8 Å². The lowest BCUT2D eigenvalue weighted by molar-refractivity contribution is -0.115. The van der Waals surface area contributed by atoms with Crippen LogP contribution in [-0.4, -0.2) is 21.8 Å². The van der Waals surface area contributed by atoms with Crippen molar-refractivity contribution in [2.24, 2.45) is 5.11 Å². The number of nitrogens with one attached hydrogen (secondary N) is 1. The Kier molecular flexibility index (Phi) is 8.70. The van der Waals surface area contributed by atoms with E-state index in [0.717, 1.165) is 45.8 Å². The molecule has 1 N–H and O–H groups in total. The topological polar surface area (TPSA) is 121 Å². The fraction of sp³-hybridized carbons (Fsp3) is 0.333. The van der Waals surface area contributed by atoms with Gasteiger partial charge in [0.2, 0.25) is 11.8 Å². The summed E-state index contributed by atoms with van der Waals surface area (Å²) < 4.78 is 0. The zero-order valence-corrected chi connectivity index (χ0v) is 20.6. The number of aromatic nitrogens is 2. The van der Waals surface area contributed by atoms with Gasteiger partial charge in [-0.15, -0.1) is 0 Å². The molecular weight excluding hydrogens is 440 g/mol. The molecule has 1 heterocycles. The summed E-state index contributed by atoms with van der Waals surface area (Å²) in [7, 11) is 0. The van der Waals surface area contributed by atoms with Crippen molar-refractivity contribution in [1.82, 2.24) is 9.97 Å². The Bertz CT molecular complexity index is 1280. The van der Waals surface area contributed by atoms with Gasteiger partial charge in [-0.1, -0.05) is 68.4 Å². The largest absolute Gasteiger partial charge is 0.309 e. The normalized spacial score (nSPS) is 13.5. The highest BCUT2D eigenvalue weighted by Crippen LogP contribution is 2.33. The van der Waals surface area contributed by atoms with E-state index in [-0.39, 0.29) is 5.91 Å². The Balaban J connectivity index is 0.00000167. The average Bonchev–Trinajstić information content (AvgIpc) is 3.08. The van der Waals surface area contributed by atoms with E-state index in [1.54, 1.807) is 12.1 Å². The van der Waals surface area contributed by atoms with Gasteiger partial charge >= 0.3 is 0 Å². The summed E-state index contributed by atoms with van der Waals surface area (Å²) in [6.45, 7) is 8.01. The van der Waals surface area contributed by atoms with Gasteiger partial charge in [-0.3, -0.25) is 9.59 Å². The third-order valence-electron chi connectivity index (χ3n) is 5.74. The van der Waals surface area contributed by atoms with Crippen LogP contribution in [0.3, 0.4) is 0 Å². The molecule has 0 aliphatic heterocycles. The third kappa shape index (κ3) is 6.11. The summed E-state index contributed by atoms with van der Waals surface area (Å²) in [5, 5.41) is 6.13. The molecule has 0 saturated heterocycles. The van der Waals surface area contributed by atoms with Crippen LogP contribution in [0.2, 0.25) is 0 Å². The molecule has 2 aromatic rings. The molecule has 0 fully saturated rings. The number of fused-ring (bicyclic) bond motifs is 3. The number of hydrogen-bond acceptors (Lipinski definition) is 4. The summed E-state index contributed by atoms with van der Waals surface area (Å²) in [6, 6.07) is 5.21. The van der Waals surface area contributed by atoms with Crippen LogP contribution in [0.4, 0.5) is 5.82 Å². The second kappa shape index (κ2) is 11.9. The van der Waals surface area contributed by atoms with E-state index in [4.69, 9.17) is 15.5 Å². The van der Waals surface area contributed by atoms with Crippen molar-refractivity contribution < 1.29 is 9.59 Å². The van der Waals surface area contributed by atoms with Gasteiger partial charge < -0.3 is 5.32 Å². The maximum atomic E-state index is 12.7. The molecule has 0 unspecified atom stereocenters. The predicted molar refractivity (Wildman–Crippen MR) is 138 cm³/mol. The number of nitrogens with zero attached hydrogens (tertiary/aromatic N) is 5. The first-order chi connectivity index (χ1) is 17.0. The SMILES string of the molecule is CC.CCc1nc2c(nc1NC(=O)CC1=CC=C(C)C=CC1)CCc1cc(C(=O)N=[N+]=[N-])ccc1-2. The van der Waals surface area contributed by atoms with Crippen LogP contribution in [0.15, 0.2) is 58.8 Å². The number of hydrogen-bond donors (Lipinski definition) is 1. The van der Waals surface area contributed by atoms with Crippen molar-refractivity contribution in [1.29, 1.82) is 0 Å². The summed E-state index contributed by atoms with van der Waals surface area (Å²) >= 11 is 0. The molecule has 2 aliphatic rings. The van der Waals surface area contributed by atoms with Crippen molar-refractivity contribution in [3.05, 3.63) is 86.6 Å². The first-order valence-electron chi connectivity index (χ1n) is 11.9.